The van der Waals surface area contributed by atoms with Crippen molar-refractivity contribution < 1.29 is 19.1 Å². The second-order valence-electron chi connectivity index (χ2n) is 5.70. The highest BCUT2D eigenvalue weighted by Gasteiger charge is 2.30. The average Bonchev–Trinajstić information content (AvgIpc) is 3.11. The first-order chi connectivity index (χ1) is 11.1. The third kappa shape index (κ3) is 2.99. The van der Waals surface area contributed by atoms with E-state index in [2.05, 4.69) is 11.4 Å². The number of benzene rings is 1. The second kappa shape index (κ2) is 6.28. The molecule has 0 bridgehead atoms. The van der Waals surface area contributed by atoms with Crippen LogP contribution in [0.5, 0.6) is 0 Å². The Hall–Kier alpha value is -2.56. The molecule has 5 heteroatoms. The summed E-state index contributed by atoms with van der Waals surface area (Å²) in [6, 6.07) is 8.11. The number of rotatable bonds is 4. The molecule has 0 spiro atoms. The number of nitrogens with one attached hydrogen (secondary N) is 1. The molecule has 1 aromatic rings. The maximum atomic E-state index is 12.3. The van der Waals surface area contributed by atoms with E-state index in [1.165, 1.54) is 11.8 Å². The maximum Gasteiger partial charge on any atom is 0.336 e. The summed E-state index contributed by atoms with van der Waals surface area (Å²) < 4.78 is 10.6. The van der Waals surface area contributed by atoms with Gasteiger partial charge >= 0.3 is 5.97 Å². The number of amides is 1. The summed E-state index contributed by atoms with van der Waals surface area (Å²) >= 11 is 0. The number of ether oxygens (including phenoxy) is 2. The van der Waals surface area contributed by atoms with Crippen molar-refractivity contribution in [2.75, 3.05) is 7.05 Å². The lowest BCUT2D eigenvalue weighted by Gasteiger charge is -2.16. The van der Waals surface area contributed by atoms with Crippen LogP contribution < -0.4 is 5.32 Å². The lowest BCUT2D eigenvalue weighted by atomic mass is 9.93. The van der Waals surface area contributed by atoms with Crippen molar-refractivity contribution in [1.29, 1.82) is 0 Å². The Kier molecular flexibility index (Phi) is 4.19. The number of esters is 1. The number of carbonyl (C=O) groups excluding carboxylic acids is 2. The number of cyclic esters (lactones) is 1. The molecule has 2 aliphatic rings. The average molecular weight is 313 g/mol. The molecule has 120 valence electrons. The van der Waals surface area contributed by atoms with E-state index < -0.39 is 12.3 Å². The van der Waals surface area contributed by atoms with Crippen LogP contribution in [0.2, 0.25) is 0 Å². The molecule has 1 aromatic carbocycles. The van der Waals surface area contributed by atoms with Gasteiger partial charge in [-0.2, -0.15) is 0 Å². The van der Waals surface area contributed by atoms with Crippen LogP contribution in [0.3, 0.4) is 0 Å². The van der Waals surface area contributed by atoms with Crippen molar-refractivity contribution in [2.24, 2.45) is 0 Å². The number of carbonyl (C=O) groups is 2. The Morgan fingerprint density at radius 3 is 2.87 bits per heavy atom. The van der Waals surface area contributed by atoms with Gasteiger partial charge in [-0.25, -0.2) is 4.79 Å². The molecule has 0 aromatic heterocycles. The molecule has 23 heavy (non-hydrogen) atoms. The number of aryl methyl sites for hydroxylation is 1. The van der Waals surface area contributed by atoms with Gasteiger partial charge in [0.05, 0.1) is 11.8 Å². The van der Waals surface area contributed by atoms with Crippen LogP contribution in [-0.4, -0.2) is 25.2 Å². The van der Waals surface area contributed by atoms with Crippen LogP contribution in [0.15, 0.2) is 47.7 Å². The third-order valence-electron chi connectivity index (χ3n) is 4.26. The molecule has 0 radical (unpaired) electrons. The van der Waals surface area contributed by atoms with Crippen LogP contribution in [0, 0.1) is 0 Å². The van der Waals surface area contributed by atoms with E-state index in [0.29, 0.717) is 11.1 Å². The van der Waals surface area contributed by atoms with E-state index in [9.17, 15) is 9.59 Å². The van der Waals surface area contributed by atoms with Crippen LogP contribution in [0.25, 0.3) is 0 Å². The minimum atomic E-state index is -0.765. The van der Waals surface area contributed by atoms with E-state index in [4.69, 9.17) is 9.47 Å². The van der Waals surface area contributed by atoms with Gasteiger partial charge in [0, 0.05) is 24.6 Å². The lowest BCUT2D eigenvalue weighted by molar-refractivity contribution is -0.152. The smallest absolute Gasteiger partial charge is 0.336 e. The van der Waals surface area contributed by atoms with E-state index in [1.807, 2.05) is 18.2 Å². The Morgan fingerprint density at radius 1 is 1.39 bits per heavy atom. The van der Waals surface area contributed by atoms with Crippen LogP contribution in [0.4, 0.5) is 0 Å². The highest BCUT2D eigenvalue weighted by molar-refractivity contribution is 5.94. The summed E-state index contributed by atoms with van der Waals surface area (Å²) in [6.45, 7) is 1.67. The Bertz CT molecular complexity index is 705. The van der Waals surface area contributed by atoms with Crippen LogP contribution in [0.1, 0.15) is 30.4 Å². The zero-order valence-electron chi connectivity index (χ0n) is 13.2. The van der Waals surface area contributed by atoms with E-state index in [-0.39, 0.29) is 11.8 Å². The molecule has 3 rings (SSSR count). The third-order valence-corrected chi connectivity index (χ3v) is 4.26. The summed E-state index contributed by atoms with van der Waals surface area (Å²) in [4.78, 5) is 23.6. The largest absolute Gasteiger partial charge is 0.458 e. The van der Waals surface area contributed by atoms with E-state index >= 15 is 0 Å². The molecular weight excluding hydrogens is 294 g/mol. The first kappa shape index (κ1) is 15.3. The monoisotopic (exact) mass is 313 g/mol. The lowest BCUT2D eigenvalue weighted by Crippen LogP contribution is -2.24. The van der Waals surface area contributed by atoms with Gasteiger partial charge in [-0.05, 0) is 30.9 Å². The molecule has 0 fully saturated rings. The fourth-order valence-corrected chi connectivity index (χ4v) is 3.03. The minimum Gasteiger partial charge on any atom is -0.458 e. The topological polar surface area (TPSA) is 64.6 Å². The molecule has 2 atom stereocenters. The van der Waals surface area contributed by atoms with Gasteiger partial charge in [-0.3, -0.25) is 4.79 Å². The zero-order valence-corrected chi connectivity index (χ0v) is 13.2. The Morgan fingerprint density at radius 2 is 2.17 bits per heavy atom. The standard InChI is InChI=1S/C18H19NO4/c1-11-9-16(23-18(11)21)22-10-15(17(20)19-2)14-8-7-12-5-3-4-6-13(12)14/h3-6,9-10,14,16H,7-8H2,1-2H3,(H,19,20)/b15-10-. The summed E-state index contributed by atoms with van der Waals surface area (Å²) in [5.74, 6) is -0.582. The van der Waals surface area contributed by atoms with Crippen LogP contribution in [-0.2, 0) is 25.5 Å². The number of hydrogen-bond acceptors (Lipinski definition) is 4. The van der Waals surface area contributed by atoms with Gasteiger partial charge in [0.15, 0.2) is 0 Å². The molecule has 5 nitrogen and oxygen atoms in total. The Balaban J connectivity index is 1.83. The highest BCUT2D eigenvalue weighted by Crippen LogP contribution is 2.38. The fraction of sp³-hybridized carbons (Fsp3) is 0.333. The van der Waals surface area contributed by atoms with Crippen molar-refractivity contribution in [2.45, 2.75) is 32.0 Å². The number of likely N-dealkylation sites (N-methyl/N-ethyl adjacent to an activating group) is 1. The van der Waals surface area contributed by atoms with Gasteiger partial charge in [0.25, 0.3) is 12.2 Å². The first-order valence-electron chi connectivity index (χ1n) is 7.65. The van der Waals surface area contributed by atoms with E-state index in [1.54, 1.807) is 20.0 Å². The molecular formula is C18H19NO4. The normalized spacial score (nSPS) is 23.1. The zero-order chi connectivity index (χ0) is 16.4. The second-order valence-corrected chi connectivity index (χ2v) is 5.70. The van der Waals surface area contributed by atoms with Gasteiger partial charge in [-0.15, -0.1) is 0 Å². The molecule has 0 saturated carbocycles. The molecule has 0 saturated heterocycles. The molecule has 1 heterocycles. The van der Waals surface area contributed by atoms with Crippen molar-refractivity contribution in [3.8, 4) is 0 Å². The van der Waals surface area contributed by atoms with Crippen molar-refractivity contribution in [3.63, 3.8) is 0 Å². The predicted molar refractivity (Wildman–Crippen MR) is 84.4 cm³/mol. The summed E-state index contributed by atoms with van der Waals surface area (Å²) in [7, 11) is 1.59. The van der Waals surface area contributed by atoms with Crippen molar-refractivity contribution in [3.05, 3.63) is 58.9 Å². The van der Waals surface area contributed by atoms with Crippen molar-refractivity contribution in [1.82, 2.24) is 5.32 Å². The maximum absolute atomic E-state index is 12.3. The number of hydrogen-bond donors (Lipinski definition) is 1. The highest BCUT2D eigenvalue weighted by atomic mass is 16.7. The molecule has 1 aliphatic heterocycles. The van der Waals surface area contributed by atoms with Gasteiger partial charge in [-0.1, -0.05) is 24.3 Å². The fourth-order valence-electron chi connectivity index (χ4n) is 3.03. The van der Waals surface area contributed by atoms with Gasteiger partial charge in [0.1, 0.15) is 0 Å². The summed E-state index contributed by atoms with van der Waals surface area (Å²) in [5.41, 5.74) is 3.47. The quantitative estimate of drug-likeness (QED) is 0.526. The predicted octanol–water partition coefficient (Wildman–Crippen LogP) is 2.19. The van der Waals surface area contributed by atoms with Gasteiger partial charge < -0.3 is 14.8 Å². The molecule has 1 aliphatic carbocycles. The minimum absolute atomic E-state index is 0.00617. The molecule has 1 N–H and O–H groups in total. The summed E-state index contributed by atoms with van der Waals surface area (Å²) in [5, 5.41) is 2.66. The summed E-state index contributed by atoms with van der Waals surface area (Å²) in [6.07, 6.45) is 4.06. The molecule has 2 unspecified atom stereocenters. The Labute approximate surface area is 135 Å². The van der Waals surface area contributed by atoms with Crippen molar-refractivity contribution >= 4 is 11.9 Å². The van der Waals surface area contributed by atoms with Gasteiger partial charge in [0.2, 0.25) is 0 Å². The van der Waals surface area contributed by atoms with Crippen LogP contribution >= 0.6 is 0 Å². The number of fused-ring (bicyclic) bond motifs is 1. The molecule has 1 amide bonds. The SMILES string of the molecule is CNC(=O)/C(=C\OC1C=C(C)C(=O)O1)C1CCc2ccccc21. The van der Waals surface area contributed by atoms with E-state index in [0.717, 1.165) is 18.4 Å². The first-order valence-corrected chi connectivity index (χ1v) is 7.65.